The van der Waals surface area contributed by atoms with Crippen molar-refractivity contribution in [3.63, 3.8) is 0 Å². The van der Waals surface area contributed by atoms with Crippen LogP contribution in [0.4, 0.5) is 8.78 Å². The van der Waals surface area contributed by atoms with Crippen LogP contribution in [0.1, 0.15) is 24.8 Å². The van der Waals surface area contributed by atoms with E-state index < -0.39 is 11.6 Å². The molecule has 1 aliphatic carbocycles. The van der Waals surface area contributed by atoms with Crippen LogP contribution >= 0.6 is 15.9 Å². The highest BCUT2D eigenvalue weighted by Gasteiger charge is 2.36. The van der Waals surface area contributed by atoms with Gasteiger partial charge in [0.15, 0.2) is 0 Å². The van der Waals surface area contributed by atoms with E-state index in [2.05, 4.69) is 26.1 Å². The van der Waals surface area contributed by atoms with Gasteiger partial charge in [-0.25, -0.2) is 8.78 Å². The summed E-state index contributed by atoms with van der Waals surface area (Å²) in [4.78, 5) is 2.27. The number of rotatable bonds is 4. The number of nitrogens with one attached hydrogen (secondary N) is 1. The van der Waals surface area contributed by atoms with Crippen LogP contribution < -0.4 is 5.32 Å². The van der Waals surface area contributed by atoms with E-state index in [-0.39, 0.29) is 5.56 Å². The molecule has 1 N–H and O–H groups in total. The van der Waals surface area contributed by atoms with Crippen LogP contribution in [-0.4, -0.2) is 30.1 Å². The highest BCUT2D eigenvalue weighted by molar-refractivity contribution is 9.10. The highest BCUT2D eigenvalue weighted by atomic mass is 79.9. The van der Waals surface area contributed by atoms with Gasteiger partial charge in [0.05, 0.1) is 4.47 Å². The van der Waals surface area contributed by atoms with E-state index >= 15 is 0 Å². The van der Waals surface area contributed by atoms with E-state index in [4.69, 9.17) is 0 Å². The van der Waals surface area contributed by atoms with Crippen molar-refractivity contribution in [2.45, 2.75) is 37.9 Å². The fraction of sp³-hybridized carbons (Fsp3) is 0.571. The maximum atomic E-state index is 14.1. The molecule has 1 aromatic carbocycles. The summed E-state index contributed by atoms with van der Waals surface area (Å²) in [6.45, 7) is 2.29. The zero-order valence-electron chi connectivity index (χ0n) is 10.6. The molecule has 5 heteroatoms. The number of halogens is 3. The first-order valence-electron chi connectivity index (χ1n) is 6.75. The Balaban J connectivity index is 1.83. The molecule has 1 saturated carbocycles. The Morgan fingerprint density at radius 1 is 1.21 bits per heavy atom. The molecular formula is C14H17BrF2N2. The fourth-order valence-electron chi connectivity index (χ4n) is 2.78. The monoisotopic (exact) mass is 330 g/mol. The number of hydrogen-bond acceptors (Lipinski definition) is 2. The first-order valence-corrected chi connectivity index (χ1v) is 7.55. The molecule has 1 heterocycles. The highest BCUT2D eigenvalue weighted by Crippen LogP contribution is 2.33. The Bertz CT molecular complexity index is 471. The summed E-state index contributed by atoms with van der Waals surface area (Å²) in [6.07, 6.45) is 3.36. The predicted molar refractivity (Wildman–Crippen MR) is 73.9 cm³/mol. The molecule has 0 amide bonds. The van der Waals surface area contributed by atoms with Gasteiger partial charge in [0, 0.05) is 30.7 Å². The van der Waals surface area contributed by atoms with Gasteiger partial charge < -0.3 is 5.32 Å². The third-order valence-corrected chi connectivity index (χ3v) is 4.61. The van der Waals surface area contributed by atoms with Crippen molar-refractivity contribution in [3.05, 3.63) is 33.8 Å². The number of nitrogens with zero attached hydrogens (tertiary/aromatic N) is 1. The first kappa shape index (κ1) is 13.5. The van der Waals surface area contributed by atoms with E-state index in [1.165, 1.54) is 12.1 Å². The van der Waals surface area contributed by atoms with E-state index in [0.29, 0.717) is 23.1 Å². The van der Waals surface area contributed by atoms with Crippen molar-refractivity contribution in [2.75, 3.05) is 13.1 Å². The molecule has 0 bridgehead atoms. The summed E-state index contributed by atoms with van der Waals surface area (Å²) in [7, 11) is 0. The summed E-state index contributed by atoms with van der Waals surface area (Å²) >= 11 is 3.13. The van der Waals surface area contributed by atoms with Gasteiger partial charge in [0.1, 0.15) is 11.6 Å². The second-order valence-electron chi connectivity index (χ2n) is 5.37. The Labute approximate surface area is 120 Å². The SMILES string of the molecule is Fc1ccc(Br)c(F)c1CN(C1CC1)C1CCNC1. The molecule has 1 unspecified atom stereocenters. The van der Waals surface area contributed by atoms with Gasteiger partial charge in [-0.15, -0.1) is 0 Å². The van der Waals surface area contributed by atoms with Gasteiger partial charge in [0.2, 0.25) is 0 Å². The topological polar surface area (TPSA) is 15.3 Å². The van der Waals surface area contributed by atoms with Crippen LogP contribution in [0.15, 0.2) is 16.6 Å². The molecular weight excluding hydrogens is 314 g/mol. The van der Waals surface area contributed by atoms with Crippen molar-refractivity contribution in [1.82, 2.24) is 10.2 Å². The largest absolute Gasteiger partial charge is 0.315 e. The van der Waals surface area contributed by atoms with Gasteiger partial charge in [0.25, 0.3) is 0 Å². The van der Waals surface area contributed by atoms with Gasteiger partial charge in [-0.1, -0.05) is 0 Å². The molecule has 1 aromatic rings. The van der Waals surface area contributed by atoms with E-state index in [0.717, 1.165) is 32.4 Å². The Morgan fingerprint density at radius 2 is 2.00 bits per heavy atom. The maximum absolute atomic E-state index is 14.1. The zero-order chi connectivity index (χ0) is 13.4. The lowest BCUT2D eigenvalue weighted by Gasteiger charge is -2.28. The molecule has 0 spiro atoms. The summed E-state index contributed by atoms with van der Waals surface area (Å²) in [6, 6.07) is 3.67. The minimum absolute atomic E-state index is 0.188. The average molecular weight is 331 g/mol. The van der Waals surface area contributed by atoms with Crippen molar-refractivity contribution in [3.8, 4) is 0 Å². The normalized spacial score (nSPS) is 23.3. The quantitative estimate of drug-likeness (QED) is 0.853. The summed E-state index contributed by atoms with van der Waals surface area (Å²) < 4.78 is 28.3. The van der Waals surface area contributed by atoms with Crippen molar-refractivity contribution in [1.29, 1.82) is 0 Å². The van der Waals surface area contributed by atoms with E-state index in [1.54, 1.807) is 0 Å². The van der Waals surface area contributed by atoms with Crippen LogP contribution in [0.2, 0.25) is 0 Å². The lowest BCUT2D eigenvalue weighted by molar-refractivity contribution is 0.183. The Kier molecular flexibility index (Phi) is 3.87. The number of benzene rings is 1. The fourth-order valence-corrected chi connectivity index (χ4v) is 3.15. The molecule has 104 valence electrons. The summed E-state index contributed by atoms with van der Waals surface area (Å²) in [5.41, 5.74) is 0.188. The molecule has 1 saturated heterocycles. The van der Waals surface area contributed by atoms with Crippen LogP contribution in [0.3, 0.4) is 0 Å². The molecule has 19 heavy (non-hydrogen) atoms. The lowest BCUT2D eigenvalue weighted by Crippen LogP contribution is -2.38. The minimum atomic E-state index is -0.461. The number of hydrogen-bond donors (Lipinski definition) is 1. The van der Waals surface area contributed by atoms with Crippen LogP contribution in [0.5, 0.6) is 0 Å². The predicted octanol–water partition coefficient (Wildman–Crippen LogP) is 3.05. The second kappa shape index (κ2) is 5.46. The zero-order valence-corrected chi connectivity index (χ0v) is 12.2. The van der Waals surface area contributed by atoms with Crippen LogP contribution in [0.25, 0.3) is 0 Å². The Morgan fingerprint density at radius 3 is 2.63 bits per heavy atom. The third kappa shape index (κ3) is 2.83. The lowest BCUT2D eigenvalue weighted by atomic mass is 10.1. The van der Waals surface area contributed by atoms with Gasteiger partial charge in [-0.3, -0.25) is 4.90 Å². The molecule has 1 aliphatic heterocycles. The first-order chi connectivity index (χ1) is 9.16. The molecule has 3 rings (SSSR count). The van der Waals surface area contributed by atoms with Gasteiger partial charge >= 0.3 is 0 Å². The van der Waals surface area contributed by atoms with Gasteiger partial charge in [-0.2, -0.15) is 0 Å². The molecule has 2 aliphatic rings. The smallest absolute Gasteiger partial charge is 0.144 e. The molecule has 2 nitrogen and oxygen atoms in total. The molecule has 0 aromatic heterocycles. The second-order valence-corrected chi connectivity index (χ2v) is 6.23. The van der Waals surface area contributed by atoms with Crippen LogP contribution in [0, 0.1) is 11.6 Å². The van der Waals surface area contributed by atoms with E-state index in [9.17, 15) is 8.78 Å². The summed E-state index contributed by atoms with van der Waals surface area (Å²) in [5, 5.41) is 3.32. The molecule has 2 fully saturated rings. The molecule has 1 atom stereocenters. The summed E-state index contributed by atoms with van der Waals surface area (Å²) in [5.74, 6) is -0.908. The minimum Gasteiger partial charge on any atom is -0.315 e. The average Bonchev–Trinajstić information content (AvgIpc) is 3.09. The van der Waals surface area contributed by atoms with Crippen molar-refractivity contribution in [2.24, 2.45) is 0 Å². The van der Waals surface area contributed by atoms with Crippen LogP contribution in [-0.2, 0) is 6.54 Å². The van der Waals surface area contributed by atoms with Gasteiger partial charge in [-0.05, 0) is 53.9 Å². The Hall–Kier alpha value is -0.520. The molecule has 0 radical (unpaired) electrons. The maximum Gasteiger partial charge on any atom is 0.144 e. The standard InChI is InChI=1S/C14H17BrF2N2/c15-12-3-4-13(16)11(14(12)17)8-19(9-1-2-9)10-5-6-18-7-10/h3-4,9-10,18H,1-2,5-8H2. The van der Waals surface area contributed by atoms with Crippen molar-refractivity contribution >= 4 is 15.9 Å². The van der Waals surface area contributed by atoms with E-state index in [1.807, 2.05) is 0 Å². The van der Waals surface area contributed by atoms with Crippen molar-refractivity contribution < 1.29 is 8.78 Å². The third-order valence-electron chi connectivity index (χ3n) is 4.00.